The average Bonchev–Trinajstić information content (AvgIpc) is 2.56. The number of hydrogen-bond donors (Lipinski definition) is 0. The Morgan fingerprint density at radius 3 is 2.75 bits per heavy atom. The molecular weight excluding hydrogens is 312 g/mol. The molecule has 1 aromatic carbocycles. The summed E-state index contributed by atoms with van der Waals surface area (Å²) in [5.41, 5.74) is -0.123. The van der Waals surface area contributed by atoms with Gasteiger partial charge >= 0.3 is 0 Å². The van der Waals surface area contributed by atoms with Crippen LogP contribution in [-0.2, 0) is 6.54 Å². The highest BCUT2D eigenvalue weighted by Crippen LogP contribution is 2.22. The Balaban J connectivity index is 1.81. The van der Waals surface area contributed by atoms with E-state index >= 15 is 0 Å². The minimum atomic E-state index is -1.02. The van der Waals surface area contributed by atoms with E-state index in [1.165, 1.54) is 23.7 Å². The highest BCUT2D eigenvalue weighted by Gasteiger charge is 2.24. The Kier molecular flexibility index (Phi) is 4.94. The molecule has 2 heterocycles. The van der Waals surface area contributed by atoms with Gasteiger partial charge in [-0.3, -0.25) is 14.3 Å². The monoisotopic (exact) mass is 335 g/mol. The quantitative estimate of drug-likeness (QED) is 0.860. The topological polar surface area (TPSA) is 38.1 Å². The lowest BCUT2D eigenvalue weighted by Crippen LogP contribution is -2.44. The van der Waals surface area contributed by atoms with Crippen molar-refractivity contribution in [2.75, 3.05) is 6.54 Å². The van der Waals surface area contributed by atoms with Gasteiger partial charge in [-0.1, -0.05) is 6.42 Å². The Morgan fingerprint density at radius 1 is 1.25 bits per heavy atom. The van der Waals surface area contributed by atoms with E-state index in [-0.39, 0.29) is 16.5 Å². The van der Waals surface area contributed by atoms with Crippen LogP contribution in [0.1, 0.15) is 39.5 Å². The van der Waals surface area contributed by atoms with Crippen LogP contribution in [0.4, 0.5) is 8.78 Å². The van der Waals surface area contributed by atoms with Crippen molar-refractivity contribution in [1.82, 2.24) is 14.5 Å². The minimum Gasteiger partial charge on any atom is -0.299 e. The molecule has 0 amide bonds. The van der Waals surface area contributed by atoms with Gasteiger partial charge in [-0.05, 0) is 45.7 Å². The van der Waals surface area contributed by atoms with Crippen LogP contribution in [0.15, 0.2) is 23.3 Å². The minimum absolute atomic E-state index is 0.126. The summed E-state index contributed by atoms with van der Waals surface area (Å²) in [6, 6.07) is 2.85. The molecule has 2 aromatic rings. The maximum Gasteiger partial charge on any atom is 0.261 e. The third kappa shape index (κ3) is 3.34. The zero-order valence-electron chi connectivity index (χ0n) is 14.1. The first-order valence-corrected chi connectivity index (χ1v) is 8.57. The maximum atomic E-state index is 13.4. The van der Waals surface area contributed by atoms with Crippen molar-refractivity contribution in [1.29, 1.82) is 0 Å². The summed E-state index contributed by atoms with van der Waals surface area (Å²) in [5, 5.41) is 0.126. The summed E-state index contributed by atoms with van der Waals surface area (Å²) in [4.78, 5) is 19.1. The molecule has 1 aliphatic heterocycles. The third-order valence-corrected chi connectivity index (χ3v) is 4.91. The van der Waals surface area contributed by atoms with E-state index < -0.39 is 11.6 Å². The van der Waals surface area contributed by atoms with E-state index in [1.807, 2.05) is 0 Å². The van der Waals surface area contributed by atoms with Crippen LogP contribution >= 0.6 is 0 Å². The Hall–Kier alpha value is -1.82. The van der Waals surface area contributed by atoms with Crippen molar-refractivity contribution in [2.45, 2.75) is 58.2 Å². The molecule has 6 heteroatoms. The average molecular weight is 335 g/mol. The van der Waals surface area contributed by atoms with Gasteiger partial charge in [0.2, 0.25) is 0 Å². The largest absolute Gasteiger partial charge is 0.299 e. The third-order valence-electron chi connectivity index (χ3n) is 4.91. The van der Waals surface area contributed by atoms with E-state index in [0.717, 1.165) is 31.5 Å². The van der Waals surface area contributed by atoms with E-state index in [9.17, 15) is 13.6 Å². The summed E-state index contributed by atoms with van der Waals surface area (Å²) in [6.45, 7) is 6.02. The number of halogens is 2. The van der Waals surface area contributed by atoms with Crippen molar-refractivity contribution >= 4 is 10.9 Å². The van der Waals surface area contributed by atoms with Crippen molar-refractivity contribution < 1.29 is 8.78 Å². The lowest BCUT2D eigenvalue weighted by molar-refractivity contribution is 0.102. The predicted molar refractivity (Wildman–Crippen MR) is 90.0 cm³/mol. The van der Waals surface area contributed by atoms with Gasteiger partial charge in [-0.15, -0.1) is 0 Å². The smallest absolute Gasteiger partial charge is 0.261 e. The molecule has 0 radical (unpaired) electrons. The van der Waals surface area contributed by atoms with Crippen LogP contribution in [0, 0.1) is 11.6 Å². The highest BCUT2D eigenvalue weighted by molar-refractivity contribution is 5.77. The number of piperidine rings is 1. The standard InChI is InChI=1S/C18H23F2N3O/c1-12(2)23-7-4-3-5-13(23)6-8-22-11-21-17-10-16(20)15(19)9-14(17)18(22)24/h9-13H,3-8H2,1-2H3. The zero-order chi connectivity index (χ0) is 17.3. The highest BCUT2D eigenvalue weighted by atomic mass is 19.2. The number of nitrogens with zero attached hydrogens (tertiary/aromatic N) is 3. The number of hydrogen-bond acceptors (Lipinski definition) is 3. The van der Waals surface area contributed by atoms with E-state index in [4.69, 9.17) is 0 Å². The van der Waals surface area contributed by atoms with Crippen molar-refractivity contribution in [3.8, 4) is 0 Å². The van der Waals surface area contributed by atoms with Crippen molar-refractivity contribution in [2.24, 2.45) is 0 Å². The summed E-state index contributed by atoms with van der Waals surface area (Å²) < 4.78 is 28.2. The first-order valence-electron chi connectivity index (χ1n) is 8.57. The van der Waals surface area contributed by atoms with Gasteiger partial charge in [0, 0.05) is 24.7 Å². The molecule has 0 bridgehead atoms. The molecule has 1 aromatic heterocycles. The molecule has 4 nitrogen and oxygen atoms in total. The van der Waals surface area contributed by atoms with E-state index in [0.29, 0.717) is 18.6 Å². The molecule has 3 rings (SSSR count). The van der Waals surface area contributed by atoms with Crippen LogP contribution in [-0.4, -0.2) is 33.1 Å². The fourth-order valence-corrected chi connectivity index (χ4v) is 3.61. The summed E-state index contributed by atoms with van der Waals surface area (Å²) >= 11 is 0. The van der Waals surface area contributed by atoms with Gasteiger partial charge in [-0.25, -0.2) is 13.8 Å². The van der Waals surface area contributed by atoms with Gasteiger partial charge < -0.3 is 0 Å². The lowest BCUT2D eigenvalue weighted by Gasteiger charge is -2.38. The summed E-state index contributed by atoms with van der Waals surface area (Å²) in [6.07, 6.45) is 5.85. The molecule has 1 aliphatic rings. The molecule has 0 aliphatic carbocycles. The molecule has 0 N–H and O–H groups in total. The number of fused-ring (bicyclic) bond motifs is 1. The first kappa shape index (κ1) is 17.0. The molecule has 130 valence electrons. The first-order chi connectivity index (χ1) is 11.5. The molecular formula is C18H23F2N3O. The number of aromatic nitrogens is 2. The number of benzene rings is 1. The van der Waals surface area contributed by atoms with Gasteiger partial charge in [-0.2, -0.15) is 0 Å². The van der Waals surface area contributed by atoms with Crippen LogP contribution in [0.5, 0.6) is 0 Å². The van der Waals surface area contributed by atoms with Crippen LogP contribution in [0.25, 0.3) is 10.9 Å². The fourth-order valence-electron chi connectivity index (χ4n) is 3.61. The van der Waals surface area contributed by atoms with Crippen LogP contribution < -0.4 is 5.56 Å². The van der Waals surface area contributed by atoms with E-state index in [2.05, 4.69) is 23.7 Å². The number of rotatable bonds is 4. The molecule has 1 unspecified atom stereocenters. The molecule has 0 spiro atoms. The van der Waals surface area contributed by atoms with Crippen LogP contribution in [0.3, 0.4) is 0 Å². The zero-order valence-corrected chi connectivity index (χ0v) is 14.1. The lowest BCUT2D eigenvalue weighted by atomic mass is 9.97. The second-order valence-corrected chi connectivity index (χ2v) is 6.80. The fraction of sp³-hybridized carbons (Fsp3) is 0.556. The molecule has 24 heavy (non-hydrogen) atoms. The molecule has 1 atom stereocenters. The van der Waals surface area contributed by atoms with Gasteiger partial charge in [0.05, 0.1) is 17.2 Å². The second kappa shape index (κ2) is 6.97. The van der Waals surface area contributed by atoms with Gasteiger partial charge in [0.15, 0.2) is 11.6 Å². The van der Waals surface area contributed by atoms with Crippen LogP contribution in [0.2, 0.25) is 0 Å². The van der Waals surface area contributed by atoms with Crippen molar-refractivity contribution in [3.63, 3.8) is 0 Å². The predicted octanol–water partition coefficient (Wildman–Crippen LogP) is 3.33. The summed E-state index contributed by atoms with van der Waals surface area (Å²) in [5.74, 6) is -2.00. The Labute approximate surface area is 140 Å². The SMILES string of the molecule is CC(C)N1CCCCC1CCn1cnc2cc(F)c(F)cc2c1=O. The Bertz CT molecular complexity index is 788. The second-order valence-electron chi connectivity index (χ2n) is 6.80. The Morgan fingerprint density at radius 2 is 2.00 bits per heavy atom. The van der Waals surface area contributed by atoms with Gasteiger partial charge in [0.1, 0.15) is 0 Å². The molecule has 0 saturated carbocycles. The molecule has 1 fully saturated rings. The van der Waals surface area contributed by atoms with E-state index in [1.54, 1.807) is 0 Å². The number of aryl methyl sites for hydroxylation is 1. The van der Waals surface area contributed by atoms with Crippen molar-refractivity contribution in [3.05, 3.63) is 40.4 Å². The van der Waals surface area contributed by atoms with Gasteiger partial charge in [0.25, 0.3) is 5.56 Å². The normalized spacial score (nSPS) is 19.3. The number of likely N-dealkylation sites (tertiary alicyclic amines) is 1. The summed E-state index contributed by atoms with van der Waals surface area (Å²) in [7, 11) is 0. The maximum absolute atomic E-state index is 13.4. The molecule has 1 saturated heterocycles.